The normalized spacial score (nSPS) is 28.4. The summed E-state index contributed by atoms with van der Waals surface area (Å²) in [6.45, 7) is 3.11. The Morgan fingerprint density at radius 1 is 1.15 bits per heavy atom. The van der Waals surface area contributed by atoms with Gasteiger partial charge >= 0.3 is 0 Å². The molecule has 1 aliphatic carbocycles. The summed E-state index contributed by atoms with van der Waals surface area (Å²) in [7, 11) is 0. The predicted molar refractivity (Wildman–Crippen MR) is 56.4 cm³/mol. The second-order valence-corrected chi connectivity index (χ2v) is 4.06. The van der Waals surface area contributed by atoms with Crippen LogP contribution in [-0.2, 0) is 0 Å². The van der Waals surface area contributed by atoms with E-state index in [1.807, 2.05) is 0 Å². The molecule has 1 aliphatic rings. The van der Waals surface area contributed by atoms with Gasteiger partial charge in [0.2, 0.25) is 0 Å². The van der Waals surface area contributed by atoms with Gasteiger partial charge in [0, 0.05) is 6.54 Å². The highest BCUT2D eigenvalue weighted by atomic mass is 15.0. The van der Waals surface area contributed by atoms with Crippen LogP contribution in [0.4, 0.5) is 0 Å². The lowest BCUT2D eigenvalue weighted by atomic mass is 9.81. The molecular formula is C10H21N3. The van der Waals surface area contributed by atoms with Gasteiger partial charge in [0.1, 0.15) is 0 Å². The second-order valence-electron chi connectivity index (χ2n) is 4.06. The molecular weight excluding hydrogens is 162 g/mol. The Bertz CT molecular complexity index is 165. The lowest BCUT2D eigenvalue weighted by molar-refractivity contribution is 0.274. The maximum absolute atomic E-state index is 5.29. The third-order valence-electron chi connectivity index (χ3n) is 3.08. The van der Waals surface area contributed by atoms with Crippen LogP contribution >= 0.6 is 0 Å². The van der Waals surface area contributed by atoms with Crippen molar-refractivity contribution >= 4 is 5.96 Å². The van der Waals surface area contributed by atoms with Crippen LogP contribution in [0, 0.1) is 11.8 Å². The molecule has 4 N–H and O–H groups in total. The molecule has 3 nitrogen and oxygen atoms in total. The Labute approximate surface area is 80.6 Å². The molecule has 1 fully saturated rings. The van der Waals surface area contributed by atoms with Gasteiger partial charge in [-0.1, -0.05) is 26.2 Å². The topological polar surface area (TPSA) is 64.4 Å². The van der Waals surface area contributed by atoms with E-state index in [1.54, 1.807) is 0 Å². The minimum Gasteiger partial charge on any atom is -0.370 e. The molecule has 0 aliphatic heterocycles. The minimum absolute atomic E-state index is 0.234. The first kappa shape index (κ1) is 10.4. The van der Waals surface area contributed by atoms with E-state index in [1.165, 1.54) is 32.1 Å². The summed E-state index contributed by atoms with van der Waals surface area (Å²) in [4.78, 5) is 4.07. The molecule has 0 aromatic heterocycles. The van der Waals surface area contributed by atoms with Crippen molar-refractivity contribution in [3.63, 3.8) is 0 Å². The zero-order chi connectivity index (χ0) is 9.68. The number of nitrogens with zero attached hydrogens (tertiary/aromatic N) is 1. The van der Waals surface area contributed by atoms with E-state index >= 15 is 0 Å². The van der Waals surface area contributed by atoms with Crippen LogP contribution in [0.1, 0.15) is 39.0 Å². The summed E-state index contributed by atoms with van der Waals surface area (Å²) < 4.78 is 0. The fraction of sp³-hybridized carbons (Fsp3) is 0.900. The monoisotopic (exact) mass is 183 g/mol. The summed E-state index contributed by atoms with van der Waals surface area (Å²) >= 11 is 0. The summed E-state index contributed by atoms with van der Waals surface area (Å²) in [5, 5.41) is 0. The van der Waals surface area contributed by atoms with Crippen LogP contribution in [0.2, 0.25) is 0 Å². The van der Waals surface area contributed by atoms with Crippen molar-refractivity contribution < 1.29 is 0 Å². The van der Waals surface area contributed by atoms with E-state index in [0.717, 1.165) is 18.4 Å². The summed E-state index contributed by atoms with van der Waals surface area (Å²) in [5.41, 5.74) is 10.6. The molecule has 0 bridgehead atoms. The highest BCUT2D eigenvalue weighted by Gasteiger charge is 2.19. The van der Waals surface area contributed by atoms with Crippen molar-refractivity contribution in [1.82, 2.24) is 0 Å². The van der Waals surface area contributed by atoms with Crippen LogP contribution in [0.3, 0.4) is 0 Å². The Balaban J connectivity index is 2.21. The molecule has 76 valence electrons. The lowest BCUT2D eigenvalue weighted by Gasteiger charge is -2.26. The van der Waals surface area contributed by atoms with E-state index in [0.29, 0.717) is 0 Å². The first-order valence-corrected chi connectivity index (χ1v) is 5.27. The number of aliphatic imine (C=N–C) groups is 1. The van der Waals surface area contributed by atoms with Crippen LogP contribution < -0.4 is 11.5 Å². The SMILES string of the molecule is CCC1CCC(CN=C(N)N)CC1. The summed E-state index contributed by atoms with van der Waals surface area (Å²) in [5.74, 6) is 1.91. The number of hydrogen-bond donors (Lipinski definition) is 2. The largest absolute Gasteiger partial charge is 0.370 e. The third-order valence-corrected chi connectivity index (χ3v) is 3.08. The van der Waals surface area contributed by atoms with E-state index in [4.69, 9.17) is 11.5 Å². The zero-order valence-electron chi connectivity index (χ0n) is 8.50. The van der Waals surface area contributed by atoms with Crippen LogP contribution in [0.5, 0.6) is 0 Å². The lowest BCUT2D eigenvalue weighted by Crippen LogP contribution is -2.25. The van der Waals surface area contributed by atoms with Gasteiger partial charge in [0.25, 0.3) is 0 Å². The van der Waals surface area contributed by atoms with Gasteiger partial charge in [-0.25, -0.2) is 0 Å². The van der Waals surface area contributed by atoms with Crippen LogP contribution in [0.25, 0.3) is 0 Å². The summed E-state index contributed by atoms with van der Waals surface area (Å²) in [6, 6.07) is 0. The van der Waals surface area contributed by atoms with Gasteiger partial charge in [0.15, 0.2) is 5.96 Å². The van der Waals surface area contributed by atoms with Crippen LogP contribution in [0.15, 0.2) is 4.99 Å². The smallest absolute Gasteiger partial charge is 0.185 e. The van der Waals surface area contributed by atoms with Crippen molar-refractivity contribution in [1.29, 1.82) is 0 Å². The number of guanidine groups is 1. The molecule has 0 spiro atoms. The molecule has 0 atom stereocenters. The van der Waals surface area contributed by atoms with Gasteiger partial charge in [-0.15, -0.1) is 0 Å². The van der Waals surface area contributed by atoms with E-state index in [9.17, 15) is 0 Å². The molecule has 1 saturated carbocycles. The molecule has 0 aromatic rings. The highest BCUT2D eigenvalue weighted by Crippen LogP contribution is 2.30. The minimum atomic E-state index is 0.234. The van der Waals surface area contributed by atoms with Crippen molar-refractivity contribution in [2.75, 3.05) is 6.54 Å². The molecule has 1 rings (SSSR count). The standard InChI is InChI=1S/C10H21N3/c1-2-8-3-5-9(6-4-8)7-13-10(11)12/h8-9H,2-7H2,1H3,(H4,11,12,13). The molecule has 0 aromatic carbocycles. The highest BCUT2D eigenvalue weighted by molar-refractivity contribution is 5.75. The Hall–Kier alpha value is -0.730. The van der Waals surface area contributed by atoms with E-state index in [-0.39, 0.29) is 5.96 Å². The fourth-order valence-corrected chi connectivity index (χ4v) is 2.06. The average molecular weight is 183 g/mol. The molecule has 0 amide bonds. The van der Waals surface area contributed by atoms with Gasteiger partial charge < -0.3 is 11.5 Å². The summed E-state index contributed by atoms with van der Waals surface area (Å²) in [6.07, 6.45) is 6.65. The average Bonchev–Trinajstić information content (AvgIpc) is 2.15. The molecule has 3 heteroatoms. The number of rotatable bonds is 3. The maximum atomic E-state index is 5.29. The van der Waals surface area contributed by atoms with Crippen molar-refractivity contribution in [3.05, 3.63) is 0 Å². The molecule has 13 heavy (non-hydrogen) atoms. The molecule has 0 unspecified atom stereocenters. The Morgan fingerprint density at radius 3 is 2.15 bits per heavy atom. The first-order valence-electron chi connectivity index (χ1n) is 5.27. The van der Waals surface area contributed by atoms with Gasteiger partial charge in [0.05, 0.1) is 0 Å². The van der Waals surface area contributed by atoms with E-state index in [2.05, 4.69) is 11.9 Å². The maximum Gasteiger partial charge on any atom is 0.185 e. The van der Waals surface area contributed by atoms with Gasteiger partial charge in [-0.05, 0) is 24.7 Å². The van der Waals surface area contributed by atoms with Gasteiger partial charge in [-0.3, -0.25) is 4.99 Å². The molecule has 0 saturated heterocycles. The van der Waals surface area contributed by atoms with Crippen molar-refractivity contribution in [2.24, 2.45) is 28.3 Å². The first-order chi connectivity index (χ1) is 6.22. The van der Waals surface area contributed by atoms with Crippen LogP contribution in [-0.4, -0.2) is 12.5 Å². The number of hydrogen-bond acceptors (Lipinski definition) is 1. The van der Waals surface area contributed by atoms with Crippen molar-refractivity contribution in [3.8, 4) is 0 Å². The molecule has 0 heterocycles. The molecule has 0 radical (unpaired) electrons. The van der Waals surface area contributed by atoms with Gasteiger partial charge in [-0.2, -0.15) is 0 Å². The van der Waals surface area contributed by atoms with E-state index < -0.39 is 0 Å². The fourth-order valence-electron chi connectivity index (χ4n) is 2.06. The van der Waals surface area contributed by atoms with Crippen molar-refractivity contribution in [2.45, 2.75) is 39.0 Å². The Kier molecular flexibility index (Phi) is 4.06. The number of nitrogens with two attached hydrogens (primary N) is 2. The third kappa shape index (κ3) is 3.66. The zero-order valence-corrected chi connectivity index (χ0v) is 8.50. The quantitative estimate of drug-likeness (QED) is 0.514. The Morgan fingerprint density at radius 2 is 1.69 bits per heavy atom. The second kappa shape index (κ2) is 5.10. The predicted octanol–water partition coefficient (Wildman–Crippen LogP) is 1.48.